The Labute approximate surface area is 128 Å². The van der Waals surface area contributed by atoms with Crippen LogP contribution in [-0.2, 0) is 16.0 Å². The lowest BCUT2D eigenvalue weighted by molar-refractivity contribution is -0.136. The average molecular weight is 305 g/mol. The van der Waals surface area contributed by atoms with E-state index in [0.717, 1.165) is 18.4 Å². The molecule has 1 aliphatic heterocycles. The van der Waals surface area contributed by atoms with Crippen LogP contribution < -0.4 is 5.32 Å². The van der Waals surface area contributed by atoms with E-state index in [-0.39, 0.29) is 43.2 Å². The number of piperidine rings is 1. The molecule has 22 heavy (non-hydrogen) atoms. The average Bonchev–Trinajstić information content (AvgIpc) is 3.31. The summed E-state index contributed by atoms with van der Waals surface area (Å²) in [5.41, 5.74) is 0.867. The predicted molar refractivity (Wildman–Crippen MR) is 78.7 cm³/mol. The molecule has 0 bridgehead atoms. The highest BCUT2D eigenvalue weighted by atomic mass is 19.1. The van der Waals surface area contributed by atoms with Crippen LogP contribution in [0.1, 0.15) is 24.8 Å². The molecule has 2 atom stereocenters. The zero-order chi connectivity index (χ0) is 15.5. The quantitative estimate of drug-likeness (QED) is 0.906. The van der Waals surface area contributed by atoms with E-state index in [1.165, 1.54) is 0 Å². The summed E-state index contributed by atoms with van der Waals surface area (Å²) in [6.07, 6.45) is 4.54. The van der Waals surface area contributed by atoms with Gasteiger partial charge in [-0.05, 0) is 30.5 Å². The normalized spacial score (nSPS) is 24.9. The number of hydrogen-bond donors (Lipinski definition) is 1. The highest BCUT2D eigenvalue weighted by Gasteiger charge is 2.38. The number of nitrogens with zero attached hydrogens (tertiary/aromatic N) is 2. The van der Waals surface area contributed by atoms with Crippen molar-refractivity contribution in [1.29, 1.82) is 0 Å². The van der Waals surface area contributed by atoms with E-state index < -0.39 is 6.17 Å². The van der Waals surface area contributed by atoms with Crippen molar-refractivity contribution in [3.05, 3.63) is 30.1 Å². The van der Waals surface area contributed by atoms with Gasteiger partial charge in [-0.1, -0.05) is 0 Å². The fraction of sp³-hybridized carbons (Fsp3) is 0.562. The minimum Gasteiger partial charge on any atom is -0.351 e. The molecule has 2 aliphatic rings. The molecule has 0 unspecified atom stereocenters. The van der Waals surface area contributed by atoms with E-state index >= 15 is 0 Å². The molecule has 3 rings (SSSR count). The summed E-state index contributed by atoms with van der Waals surface area (Å²) in [5, 5.41) is 2.85. The molecule has 0 aromatic carbocycles. The third-order valence-electron chi connectivity index (χ3n) is 4.12. The Bertz CT molecular complexity index is 548. The number of carbonyl (C=O) groups is 2. The van der Waals surface area contributed by atoms with Crippen LogP contribution in [0.25, 0.3) is 0 Å². The van der Waals surface area contributed by atoms with Gasteiger partial charge in [0.1, 0.15) is 6.17 Å². The molecule has 1 saturated heterocycles. The second kappa shape index (κ2) is 6.42. The van der Waals surface area contributed by atoms with E-state index in [4.69, 9.17) is 0 Å². The minimum atomic E-state index is -1.07. The van der Waals surface area contributed by atoms with Gasteiger partial charge in [-0.2, -0.15) is 0 Å². The lowest BCUT2D eigenvalue weighted by atomic mass is 10.0. The number of alkyl halides is 1. The van der Waals surface area contributed by atoms with Crippen molar-refractivity contribution >= 4 is 11.8 Å². The topological polar surface area (TPSA) is 62.3 Å². The van der Waals surface area contributed by atoms with E-state index in [0.29, 0.717) is 6.54 Å². The molecule has 1 saturated carbocycles. The van der Waals surface area contributed by atoms with Crippen LogP contribution in [0, 0.1) is 5.92 Å². The number of nitrogens with one attached hydrogen (secondary N) is 1. The van der Waals surface area contributed by atoms with Gasteiger partial charge in [0.25, 0.3) is 0 Å². The van der Waals surface area contributed by atoms with Gasteiger partial charge in [0.05, 0.1) is 13.0 Å². The number of amides is 2. The second-order valence-corrected chi connectivity index (χ2v) is 6.15. The van der Waals surface area contributed by atoms with Crippen LogP contribution in [0.3, 0.4) is 0 Å². The number of likely N-dealkylation sites (tertiary alicyclic amines) is 1. The summed E-state index contributed by atoms with van der Waals surface area (Å²) in [6.45, 7) is 0.573. The van der Waals surface area contributed by atoms with E-state index in [2.05, 4.69) is 10.3 Å². The van der Waals surface area contributed by atoms with Crippen molar-refractivity contribution in [3.63, 3.8) is 0 Å². The SMILES string of the molecule is O=C(Cc1ccncc1)N[C@H]1C[C@@H](F)CN(C(=O)C2CC2)C1. The zero-order valence-electron chi connectivity index (χ0n) is 12.4. The monoisotopic (exact) mass is 305 g/mol. The standard InChI is InChI=1S/C16H20FN3O2/c17-13-8-14(10-20(9-13)16(22)12-1-2-12)19-15(21)7-11-3-5-18-6-4-11/h3-6,12-14H,1-2,7-10H2,(H,19,21)/t13-,14+/m1/s1. The summed E-state index contributed by atoms with van der Waals surface area (Å²) in [6, 6.07) is 3.25. The molecule has 2 heterocycles. The predicted octanol–water partition coefficient (Wildman–Crippen LogP) is 1.09. The van der Waals surface area contributed by atoms with Crippen molar-refractivity contribution in [2.24, 2.45) is 5.92 Å². The highest BCUT2D eigenvalue weighted by molar-refractivity contribution is 5.82. The third-order valence-corrected chi connectivity index (χ3v) is 4.12. The molecule has 118 valence electrons. The van der Waals surface area contributed by atoms with E-state index in [1.54, 1.807) is 29.4 Å². The molecule has 0 radical (unpaired) electrons. The first-order valence-corrected chi connectivity index (χ1v) is 7.73. The Kier molecular flexibility index (Phi) is 4.36. The molecule has 1 aromatic heterocycles. The van der Waals surface area contributed by atoms with Gasteiger partial charge in [-0.15, -0.1) is 0 Å². The van der Waals surface area contributed by atoms with Gasteiger partial charge in [0.2, 0.25) is 11.8 Å². The van der Waals surface area contributed by atoms with E-state index in [9.17, 15) is 14.0 Å². The molecule has 6 heteroatoms. The maximum absolute atomic E-state index is 13.9. The van der Waals surface area contributed by atoms with Crippen LogP contribution in [-0.4, -0.2) is 47.0 Å². The van der Waals surface area contributed by atoms with Gasteiger partial charge >= 0.3 is 0 Å². The molecular weight excluding hydrogens is 285 g/mol. The molecule has 1 N–H and O–H groups in total. The Hall–Kier alpha value is -1.98. The molecule has 2 fully saturated rings. The first kappa shape index (κ1) is 14.9. The lowest BCUT2D eigenvalue weighted by Gasteiger charge is -2.35. The number of hydrogen-bond acceptors (Lipinski definition) is 3. The van der Waals surface area contributed by atoms with Crippen LogP contribution in [0.4, 0.5) is 4.39 Å². The van der Waals surface area contributed by atoms with Crippen LogP contribution >= 0.6 is 0 Å². The summed E-state index contributed by atoms with van der Waals surface area (Å²) < 4.78 is 13.9. The highest BCUT2D eigenvalue weighted by Crippen LogP contribution is 2.32. The number of pyridine rings is 1. The van der Waals surface area contributed by atoms with Gasteiger partial charge in [0, 0.05) is 37.3 Å². The number of rotatable bonds is 4. The van der Waals surface area contributed by atoms with Crippen molar-refractivity contribution in [1.82, 2.24) is 15.2 Å². The van der Waals surface area contributed by atoms with Crippen molar-refractivity contribution in [3.8, 4) is 0 Å². The zero-order valence-corrected chi connectivity index (χ0v) is 12.4. The van der Waals surface area contributed by atoms with Crippen molar-refractivity contribution in [2.45, 2.75) is 37.9 Å². The smallest absolute Gasteiger partial charge is 0.225 e. The largest absolute Gasteiger partial charge is 0.351 e. The molecule has 1 aromatic rings. The van der Waals surface area contributed by atoms with Gasteiger partial charge in [-0.3, -0.25) is 14.6 Å². The summed E-state index contributed by atoms with van der Waals surface area (Å²) in [5.74, 6) is -0.0293. The Morgan fingerprint density at radius 2 is 2.00 bits per heavy atom. The number of carbonyl (C=O) groups excluding carboxylic acids is 2. The fourth-order valence-corrected chi connectivity index (χ4v) is 2.88. The Balaban J connectivity index is 1.54. The van der Waals surface area contributed by atoms with E-state index in [1.807, 2.05) is 0 Å². The molecule has 5 nitrogen and oxygen atoms in total. The first-order chi connectivity index (χ1) is 10.6. The number of halogens is 1. The fourth-order valence-electron chi connectivity index (χ4n) is 2.88. The Morgan fingerprint density at radius 3 is 2.68 bits per heavy atom. The molecule has 1 aliphatic carbocycles. The van der Waals surface area contributed by atoms with Crippen LogP contribution in [0.2, 0.25) is 0 Å². The second-order valence-electron chi connectivity index (χ2n) is 6.15. The van der Waals surface area contributed by atoms with Crippen LogP contribution in [0.15, 0.2) is 24.5 Å². The summed E-state index contributed by atoms with van der Waals surface area (Å²) in [4.78, 5) is 29.6. The van der Waals surface area contributed by atoms with Crippen molar-refractivity contribution < 1.29 is 14.0 Å². The summed E-state index contributed by atoms with van der Waals surface area (Å²) in [7, 11) is 0. The Morgan fingerprint density at radius 1 is 1.27 bits per heavy atom. The minimum absolute atomic E-state index is 0.0377. The molecular formula is C16H20FN3O2. The third kappa shape index (κ3) is 3.81. The van der Waals surface area contributed by atoms with Gasteiger partial charge in [0.15, 0.2) is 0 Å². The van der Waals surface area contributed by atoms with Crippen LogP contribution in [0.5, 0.6) is 0 Å². The maximum Gasteiger partial charge on any atom is 0.225 e. The van der Waals surface area contributed by atoms with Gasteiger partial charge in [-0.25, -0.2) is 4.39 Å². The molecule has 2 amide bonds. The number of aromatic nitrogens is 1. The van der Waals surface area contributed by atoms with Gasteiger partial charge < -0.3 is 10.2 Å². The first-order valence-electron chi connectivity index (χ1n) is 7.73. The molecule has 0 spiro atoms. The van der Waals surface area contributed by atoms with Crippen molar-refractivity contribution in [2.75, 3.05) is 13.1 Å². The maximum atomic E-state index is 13.9. The lowest BCUT2D eigenvalue weighted by Crippen LogP contribution is -2.53. The summed E-state index contributed by atoms with van der Waals surface area (Å²) >= 11 is 0.